The molecule has 5 fully saturated rings. The molecule has 0 bridgehead atoms. The molecule has 7 nitrogen and oxygen atoms in total. The van der Waals surface area contributed by atoms with E-state index in [0.717, 1.165) is 56.1 Å². The highest BCUT2D eigenvalue weighted by Gasteiger charge is 2.70. The molecule has 0 amide bonds. The van der Waals surface area contributed by atoms with Crippen LogP contribution in [0.15, 0.2) is 29.2 Å². The van der Waals surface area contributed by atoms with Crippen LogP contribution in [0.25, 0.3) is 0 Å². The maximum Gasteiger partial charge on any atom is 0.297 e. The van der Waals surface area contributed by atoms with Crippen LogP contribution in [0.3, 0.4) is 0 Å². The number of aliphatic hydroxyl groups is 1. The lowest BCUT2D eigenvalue weighted by atomic mass is 9.43. The third kappa shape index (κ3) is 4.47. The van der Waals surface area contributed by atoms with Crippen LogP contribution >= 0.6 is 12.0 Å². The van der Waals surface area contributed by atoms with Crippen LogP contribution in [0.2, 0.25) is 0 Å². The summed E-state index contributed by atoms with van der Waals surface area (Å²) < 4.78 is 67.1. The Morgan fingerprint density at radius 1 is 1.13 bits per heavy atom. The lowest BCUT2D eigenvalue weighted by molar-refractivity contribution is -0.266. The summed E-state index contributed by atoms with van der Waals surface area (Å²) in [6.45, 7) is 7.60. The number of hydrogen-bond acceptors (Lipinski definition) is 8. The third-order valence-corrected chi connectivity index (χ3v) is 13.2. The highest BCUT2D eigenvalue weighted by Crippen LogP contribution is 2.70. The second-order valence-electron chi connectivity index (χ2n) is 12.9. The van der Waals surface area contributed by atoms with Crippen molar-refractivity contribution in [2.24, 2.45) is 34.5 Å². The molecule has 1 aromatic rings. The van der Waals surface area contributed by atoms with E-state index in [2.05, 4.69) is 13.8 Å². The lowest BCUT2D eigenvalue weighted by Crippen LogP contribution is -2.66. The van der Waals surface area contributed by atoms with Crippen molar-refractivity contribution in [3.8, 4) is 0 Å². The Bertz CT molecular complexity index is 1210. The van der Waals surface area contributed by atoms with Crippen LogP contribution in [0, 0.1) is 41.4 Å². The first-order valence-electron chi connectivity index (χ1n) is 15.6. The fourth-order valence-corrected chi connectivity index (χ4v) is 10.9. The zero-order chi connectivity index (χ0) is 29.2. The van der Waals surface area contributed by atoms with Gasteiger partial charge in [-0.05, 0) is 107 Å². The molecule has 216 valence electrons. The second kappa shape index (κ2) is 10.3. The zero-order valence-corrected chi connectivity index (χ0v) is 24.8. The van der Waals surface area contributed by atoms with Crippen molar-refractivity contribution in [1.82, 2.24) is 0 Å². The Morgan fingerprint density at radius 3 is 2.56 bits per heavy atom. The largest absolute Gasteiger partial charge is 0.390 e. The van der Waals surface area contributed by atoms with E-state index in [1.54, 1.807) is 24.3 Å². The monoisotopic (exact) mass is 581 g/mol. The van der Waals surface area contributed by atoms with Crippen molar-refractivity contribution in [3.63, 3.8) is 0 Å². The standard InChI is InChI=1S/C29H43BO7S2/c1-18-4-6-20(7-5-18)39(32,33)37-26-23-16-19(36-38-17-30)8-11-27(23,2)21-9-12-28(3)22(24(21)25(26)31)10-13-29(28)34-14-15-35-29/h4-7,19,21-26,31H,8-17,30H2,1-3H3/t19-,21?,22?,23?,24?,25?,26+,27+,28-/m0/s1/i30TD. The van der Waals surface area contributed by atoms with Gasteiger partial charge in [0.15, 0.2) is 5.79 Å². The number of benzene rings is 1. The summed E-state index contributed by atoms with van der Waals surface area (Å²) in [5.41, 5.74) is 0.718. The Kier molecular flexibility index (Phi) is 6.87. The second-order valence-corrected chi connectivity index (χ2v) is 15.3. The molecule has 39 heavy (non-hydrogen) atoms. The molecule has 5 aliphatic rings. The third-order valence-electron chi connectivity index (χ3n) is 11.3. The molecule has 9 atom stereocenters. The molecule has 1 aromatic carbocycles. The van der Waals surface area contributed by atoms with E-state index >= 15 is 0 Å². The van der Waals surface area contributed by atoms with Crippen molar-refractivity contribution in [2.75, 3.05) is 18.9 Å². The lowest BCUT2D eigenvalue weighted by Gasteiger charge is -2.64. The number of hydrogen-bond donors (Lipinski definition) is 1. The first-order chi connectivity index (χ1) is 19.4. The number of rotatable bonds is 7. The fourth-order valence-electron chi connectivity index (χ4n) is 9.34. The van der Waals surface area contributed by atoms with Crippen molar-refractivity contribution in [2.45, 2.75) is 94.7 Å². The number of ether oxygens (including phenoxy) is 2. The SMILES string of the molecule is [2H]B([3H])CSO[C@H]1CC[C@]2(C)C3CC[C@@]4(C)C(CCC45OCCO5)C3C(O)[C@H](OS(=O)(=O)c3ccc(C)cc3)C2C1. The molecule has 1 aliphatic heterocycles. The predicted molar refractivity (Wildman–Crippen MR) is 152 cm³/mol. The van der Waals surface area contributed by atoms with Crippen LogP contribution in [0.5, 0.6) is 0 Å². The van der Waals surface area contributed by atoms with Crippen molar-refractivity contribution >= 4 is 29.9 Å². The van der Waals surface area contributed by atoms with Gasteiger partial charge >= 0.3 is 0 Å². The summed E-state index contributed by atoms with van der Waals surface area (Å²) in [5.74, 6) is -0.616. The maximum absolute atomic E-state index is 13.7. The smallest absolute Gasteiger partial charge is 0.297 e. The number of aliphatic hydroxyl groups excluding tert-OH is 1. The molecule has 4 aliphatic carbocycles. The molecule has 0 radical (unpaired) electrons. The van der Waals surface area contributed by atoms with E-state index in [1.165, 1.54) is 0 Å². The number of fused-ring (bicyclic) bond motifs is 6. The van der Waals surface area contributed by atoms with Crippen LogP contribution in [-0.2, 0) is 28.0 Å². The molecular weight excluding hydrogens is 535 g/mol. The molecule has 1 saturated heterocycles. The summed E-state index contributed by atoms with van der Waals surface area (Å²) in [6, 6.07) is 6.65. The molecule has 1 spiro atoms. The van der Waals surface area contributed by atoms with Crippen LogP contribution < -0.4 is 0 Å². The minimum atomic E-state index is -4.13. The van der Waals surface area contributed by atoms with E-state index in [4.69, 9.17) is 20.5 Å². The molecule has 1 N–H and O–H groups in total. The van der Waals surface area contributed by atoms with E-state index in [9.17, 15) is 13.5 Å². The van der Waals surface area contributed by atoms with Gasteiger partial charge in [0.25, 0.3) is 10.1 Å². The van der Waals surface area contributed by atoms with Crippen LogP contribution in [-0.4, -0.2) is 66.9 Å². The summed E-state index contributed by atoms with van der Waals surface area (Å²) in [6.07, 6.45) is 3.73. The predicted octanol–water partition coefficient (Wildman–Crippen LogP) is 4.06. The van der Waals surface area contributed by atoms with Gasteiger partial charge in [-0.3, -0.25) is 4.18 Å². The van der Waals surface area contributed by atoms with Gasteiger partial charge < -0.3 is 18.8 Å². The highest BCUT2D eigenvalue weighted by molar-refractivity contribution is 7.95. The van der Waals surface area contributed by atoms with Crippen molar-refractivity contribution in [1.29, 1.82) is 2.67 Å². The topological polar surface area (TPSA) is 91.3 Å². The molecular formula is C29H43BO7S2. The first-order valence-corrected chi connectivity index (χ1v) is 16.8. The molecule has 6 rings (SSSR count). The van der Waals surface area contributed by atoms with Crippen LogP contribution in [0.1, 0.15) is 64.4 Å². The van der Waals surface area contributed by atoms with Gasteiger partial charge in [0, 0.05) is 11.8 Å². The first kappa shape index (κ1) is 26.0. The molecule has 4 saturated carbocycles. The molecule has 1 heterocycles. The Hall–Kier alpha value is -0.615. The fraction of sp³-hybridized carbons (Fsp3) is 0.793. The molecule has 10 heteroatoms. The van der Waals surface area contributed by atoms with Gasteiger partial charge in [0.2, 0.25) is 0 Å². The van der Waals surface area contributed by atoms with E-state index in [-0.39, 0.29) is 51.2 Å². The van der Waals surface area contributed by atoms with Crippen molar-refractivity contribution in [3.05, 3.63) is 29.8 Å². The normalized spacial score (nSPS) is 43.7. The summed E-state index contributed by atoms with van der Waals surface area (Å²) in [4.78, 5) is 0.0938. The average Bonchev–Trinajstić information content (AvgIpc) is 3.52. The summed E-state index contributed by atoms with van der Waals surface area (Å²) in [5, 5.41) is 12.2. The molecule has 0 aromatic heterocycles. The molecule has 5 unspecified atom stereocenters. The minimum Gasteiger partial charge on any atom is -0.390 e. The highest BCUT2D eigenvalue weighted by atomic mass is 32.2. The Labute approximate surface area is 241 Å². The maximum atomic E-state index is 13.7. The Morgan fingerprint density at radius 2 is 1.85 bits per heavy atom. The van der Waals surface area contributed by atoms with Crippen LogP contribution in [0.4, 0.5) is 0 Å². The zero-order valence-electron chi connectivity index (χ0n) is 25.2. The van der Waals surface area contributed by atoms with E-state index < -0.39 is 35.9 Å². The van der Waals surface area contributed by atoms with Gasteiger partial charge in [0.1, 0.15) is 13.9 Å². The van der Waals surface area contributed by atoms with Gasteiger partial charge in [-0.15, -0.1) is 0 Å². The summed E-state index contributed by atoms with van der Waals surface area (Å²) >= 11 is 1.14. The van der Waals surface area contributed by atoms with Gasteiger partial charge in [-0.2, -0.15) is 8.42 Å². The number of aryl methyl sites for hydroxylation is 1. The van der Waals surface area contributed by atoms with Gasteiger partial charge in [0.05, 0.1) is 30.3 Å². The van der Waals surface area contributed by atoms with Gasteiger partial charge in [-0.1, -0.05) is 31.5 Å². The minimum absolute atomic E-state index is 0.0938. The summed E-state index contributed by atoms with van der Waals surface area (Å²) in [7, 11) is -5.11. The average molecular weight is 582 g/mol. The van der Waals surface area contributed by atoms with E-state index in [0.29, 0.717) is 19.6 Å². The van der Waals surface area contributed by atoms with Crippen molar-refractivity contribution < 1.29 is 31.4 Å². The van der Waals surface area contributed by atoms with E-state index in [1.807, 2.05) is 6.92 Å². The Balaban J connectivity index is 1.34. The quantitative estimate of drug-likeness (QED) is 0.293. The van der Waals surface area contributed by atoms with Gasteiger partial charge in [-0.25, -0.2) is 0 Å².